The predicted molar refractivity (Wildman–Crippen MR) is 74.3 cm³/mol. The molecular weight excluding hydrogens is 208 g/mol. The van der Waals surface area contributed by atoms with Crippen LogP contribution >= 0.6 is 0 Å². The monoisotopic (exact) mass is 238 g/mol. The Hall–Kier alpha value is -0.0800. The summed E-state index contributed by atoms with van der Waals surface area (Å²) in [7, 11) is 2.26. The van der Waals surface area contributed by atoms with Crippen molar-refractivity contribution in [2.75, 3.05) is 33.2 Å². The second-order valence-electron chi connectivity index (χ2n) is 6.38. The van der Waals surface area contributed by atoms with Crippen molar-refractivity contribution in [3.63, 3.8) is 0 Å². The summed E-state index contributed by atoms with van der Waals surface area (Å²) in [5.74, 6) is 2.03. The SMILES string of the molecule is CCC1CCC(CN2CCN(C)[C@H](C)C2)CC1. The average Bonchev–Trinajstić information content (AvgIpc) is 2.35. The van der Waals surface area contributed by atoms with Crippen molar-refractivity contribution in [1.82, 2.24) is 9.80 Å². The molecule has 2 nitrogen and oxygen atoms in total. The zero-order valence-electron chi connectivity index (χ0n) is 12.0. The van der Waals surface area contributed by atoms with Gasteiger partial charge in [0.25, 0.3) is 0 Å². The van der Waals surface area contributed by atoms with Crippen LogP contribution in [0.25, 0.3) is 0 Å². The fourth-order valence-corrected chi connectivity index (χ4v) is 3.48. The maximum absolute atomic E-state index is 2.71. The van der Waals surface area contributed by atoms with E-state index in [9.17, 15) is 0 Å². The van der Waals surface area contributed by atoms with Crippen LogP contribution in [-0.4, -0.2) is 49.1 Å². The molecule has 2 rings (SSSR count). The largest absolute Gasteiger partial charge is 0.301 e. The van der Waals surface area contributed by atoms with Crippen LogP contribution in [0.2, 0.25) is 0 Å². The van der Waals surface area contributed by atoms with Crippen molar-refractivity contribution in [3.05, 3.63) is 0 Å². The van der Waals surface area contributed by atoms with Gasteiger partial charge in [0.2, 0.25) is 0 Å². The minimum Gasteiger partial charge on any atom is -0.301 e. The van der Waals surface area contributed by atoms with Gasteiger partial charge in [0.05, 0.1) is 0 Å². The van der Waals surface area contributed by atoms with Crippen LogP contribution < -0.4 is 0 Å². The summed E-state index contributed by atoms with van der Waals surface area (Å²) < 4.78 is 0. The van der Waals surface area contributed by atoms with Crippen LogP contribution in [0.1, 0.15) is 46.0 Å². The molecule has 100 valence electrons. The lowest BCUT2D eigenvalue weighted by atomic mass is 9.80. The van der Waals surface area contributed by atoms with Crippen LogP contribution in [0.5, 0.6) is 0 Å². The fraction of sp³-hybridized carbons (Fsp3) is 1.00. The molecule has 1 saturated carbocycles. The highest BCUT2D eigenvalue weighted by atomic mass is 15.3. The first-order valence-corrected chi connectivity index (χ1v) is 7.61. The Morgan fingerprint density at radius 1 is 1.00 bits per heavy atom. The molecule has 0 radical (unpaired) electrons. The Bertz CT molecular complexity index is 221. The van der Waals surface area contributed by atoms with Crippen molar-refractivity contribution in [1.29, 1.82) is 0 Å². The average molecular weight is 238 g/mol. The molecule has 1 aliphatic carbocycles. The summed E-state index contributed by atoms with van der Waals surface area (Å²) in [4.78, 5) is 5.20. The van der Waals surface area contributed by atoms with E-state index in [-0.39, 0.29) is 0 Å². The Kier molecular flexibility index (Phi) is 4.87. The van der Waals surface area contributed by atoms with E-state index >= 15 is 0 Å². The molecule has 0 aromatic rings. The molecule has 0 aromatic carbocycles. The number of hydrogen-bond acceptors (Lipinski definition) is 2. The molecule has 17 heavy (non-hydrogen) atoms. The van der Waals surface area contributed by atoms with Crippen molar-refractivity contribution in [3.8, 4) is 0 Å². The summed E-state index contributed by atoms with van der Waals surface area (Å²) >= 11 is 0. The van der Waals surface area contributed by atoms with Gasteiger partial charge < -0.3 is 9.80 Å². The Morgan fingerprint density at radius 3 is 2.24 bits per heavy atom. The standard InChI is InChI=1S/C15H30N2/c1-4-14-5-7-15(8-6-14)12-17-10-9-16(3)13(2)11-17/h13-15H,4-12H2,1-3H3/t13-,14?,15?/m1/s1. The number of nitrogens with zero attached hydrogens (tertiary/aromatic N) is 2. The highest BCUT2D eigenvalue weighted by molar-refractivity contribution is 4.80. The van der Waals surface area contributed by atoms with Crippen LogP contribution in [0, 0.1) is 11.8 Å². The summed E-state index contributed by atoms with van der Waals surface area (Å²) in [6, 6.07) is 0.746. The first kappa shape index (κ1) is 13.4. The maximum Gasteiger partial charge on any atom is 0.0192 e. The van der Waals surface area contributed by atoms with Crippen molar-refractivity contribution in [2.45, 2.75) is 52.0 Å². The topological polar surface area (TPSA) is 6.48 Å². The third-order valence-corrected chi connectivity index (χ3v) is 5.10. The summed E-state index contributed by atoms with van der Waals surface area (Å²) in [5, 5.41) is 0. The Balaban J connectivity index is 1.71. The minimum absolute atomic E-state index is 0.746. The Labute approximate surface area is 107 Å². The smallest absolute Gasteiger partial charge is 0.0192 e. The van der Waals surface area contributed by atoms with Gasteiger partial charge in [-0.15, -0.1) is 0 Å². The molecule has 0 unspecified atom stereocenters. The van der Waals surface area contributed by atoms with E-state index in [1.165, 1.54) is 58.3 Å². The van der Waals surface area contributed by atoms with Gasteiger partial charge in [-0.3, -0.25) is 0 Å². The molecule has 0 aromatic heterocycles. The second kappa shape index (κ2) is 6.19. The van der Waals surface area contributed by atoms with E-state index in [0.717, 1.165) is 17.9 Å². The van der Waals surface area contributed by atoms with Crippen LogP contribution in [0.3, 0.4) is 0 Å². The normalized spacial score (nSPS) is 37.2. The first-order chi connectivity index (χ1) is 8.19. The maximum atomic E-state index is 2.71. The van der Waals surface area contributed by atoms with Gasteiger partial charge in [-0.1, -0.05) is 26.2 Å². The van der Waals surface area contributed by atoms with E-state index < -0.39 is 0 Å². The molecule has 1 heterocycles. The predicted octanol–water partition coefficient (Wildman–Crippen LogP) is 2.84. The molecule has 0 N–H and O–H groups in total. The van der Waals surface area contributed by atoms with E-state index in [4.69, 9.17) is 0 Å². The molecule has 2 heteroatoms. The molecule has 2 fully saturated rings. The third kappa shape index (κ3) is 3.69. The summed E-state index contributed by atoms with van der Waals surface area (Å²) in [6.45, 7) is 9.91. The van der Waals surface area contributed by atoms with Crippen molar-refractivity contribution >= 4 is 0 Å². The molecule has 1 atom stereocenters. The fourth-order valence-electron chi connectivity index (χ4n) is 3.48. The second-order valence-corrected chi connectivity index (χ2v) is 6.38. The molecule has 0 bridgehead atoms. The van der Waals surface area contributed by atoms with Crippen LogP contribution in [0.4, 0.5) is 0 Å². The van der Waals surface area contributed by atoms with Gasteiger partial charge in [-0.2, -0.15) is 0 Å². The molecule has 0 spiro atoms. The zero-order chi connectivity index (χ0) is 12.3. The van der Waals surface area contributed by atoms with Crippen LogP contribution in [-0.2, 0) is 0 Å². The van der Waals surface area contributed by atoms with Crippen LogP contribution in [0.15, 0.2) is 0 Å². The third-order valence-electron chi connectivity index (χ3n) is 5.10. The number of hydrogen-bond donors (Lipinski definition) is 0. The van der Waals surface area contributed by atoms with Gasteiger partial charge >= 0.3 is 0 Å². The van der Waals surface area contributed by atoms with Crippen molar-refractivity contribution < 1.29 is 0 Å². The lowest BCUT2D eigenvalue weighted by Gasteiger charge is -2.40. The lowest BCUT2D eigenvalue weighted by Crippen LogP contribution is -2.51. The number of piperazine rings is 1. The highest BCUT2D eigenvalue weighted by Gasteiger charge is 2.25. The van der Waals surface area contributed by atoms with Gasteiger partial charge in [-0.25, -0.2) is 0 Å². The minimum atomic E-state index is 0.746. The zero-order valence-corrected chi connectivity index (χ0v) is 12.0. The van der Waals surface area contributed by atoms with E-state index in [0.29, 0.717) is 0 Å². The first-order valence-electron chi connectivity index (χ1n) is 7.61. The van der Waals surface area contributed by atoms with E-state index in [1.54, 1.807) is 0 Å². The van der Waals surface area contributed by atoms with E-state index in [1.807, 2.05) is 0 Å². The van der Waals surface area contributed by atoms with Gasteiger partial charge in [0.1, 0.15) is 0 Å². The molecular formula is C15H30N2. The quantitative estimate of drug-likeness (QED) is 0.746. The summed E-state index contributed by atoms with van der Waals surface area (Å²) in [6.07, 6.45) is 7.35. The summed E-state index contributed by atoms with van der Waals surface area (Å²) in [5.41, 5.74) is 0. The van der Waals surface area contributed by atoms with Gasteiger partial charge in [0, 0.05) is 32.2 Å². The van der Waals surface area contributed by atoms with E-state index in [2.05, 4.69) is 30.7 Å². The molecule has 1 saturated heterocycles. The molecule has 1 aliphatic heterocycles. The van der Waals surface area contributed by atoms with Gasteiger partial charge in [0.15, 0.2) is 0 Å². The lowest BCUT2D eigenvalue weighted by molar-refractivity contribution is 0.0821. The van der Waals surface area contributed by atoms with Crippen molar-refractivity contribution in [2.24, 2.45) is 11.8 Å². The van der Waals surface area contributed by atoms with Gasteiger partial charge in [-0.05, 0) is 38.6 Å². The molecule has 2 aliphatic rings. The molecule has 0 amide bonds. The highest BCUT2D eigenvalue weighted by Crippen LogP contribution is 2.31. The number of rotatable bonds is 3. The Morgan fingerprint density at radius 2 is 1.65 bits per heavy atom. The number of likely N-dealkylation sites (N-methyl/N-ethyl adjacent to an activating group) is 1.